The first-order valence-corrected chi connectivity index (χ1v) is 2.44. The number of carbonyl (C=O) groups is 1. The standard InChI is InChI=1S/C5H8N2O2/c1-4(7-3-6)5(8)9-2/h4,7H,1-2H3/t4-/m1/s1. The van der Waals surface area contributed by atoms with E-state index in [4.69, 9.17) is 5.26 Å². The molecule has 0 fully saturated rings. The molecule has 4 heteroatoms. The average molecular weight is 128 g/mol. The van der Waals surface area contributed by atoms with Crippen molar-refractivity contribution < 1.29 is 9.53 Å². The minimum Gasteiger partial charge on any atom is -0.467 e. The lowest BCUT2D eigenvalue weighted by molar-refractivity contribution is -0.142. The molecule has 0 aromatic carbocycles. The maximum Gasteiger partial charge on any atom is 0.328 e. The average Bonchev–Trinajstić information content (AvgIpc) is 1.87. The van der Waals surface area contributed by atoms with E-state index in [0.717, 1.165) is 0 Å². The van der Waals surface area contributed by atoms with Crippen LogP contribution in [-0.2, 0) is 9.53 Å². The lowest BCUT2D eigenvalue weighted by atomic mass is 10.4. The van der Waals surface area contributed by atoms with Gasteiger partial charge in [-0.1, -0.05) is 0 Å². The number of nitrogens with one attached hydrogen (secondary N) is 1. The maximum atomic E-state index is 10.5. The number of esters is 1. The van der Waals surface area contributed by atoms with Crippen LogP contribution in [0.15, 0.2) is 0 Å². The van der Waals surface area contributed by atoms with E-state index in [1.807, 2.05) is 0 Å². The molecule has 0 heterocycles. The molecule has 0 saturated heterocycles. The number of nitrogens with zero attached hydrogens (tertiary/aromatic N) is 1. The summed E-state index contributed by atoms with van der Waals surface area (Å²) in [7, 11) is 1.28. The van der Waals surface area contributed by atoms with Crippen LogP contribution in [0.4, 0.5) is 0 Å². The van der Waals surface area contributed by atoms with Crippen LogP contribution in [0.2, 0.25) is 0 Å². The van der Waals surface area contributed by atoms with Gasteiger partial charge in [0.15, 0.2) is 6.19 Å². The lowest BCUT2D eigenvalue weighted by Crippen LogP contribution is -2.31. The van der Waals surface area contributed by atoms with Gasteiger partial charge < -0.3 is 10.1 Å². The van der Waals surface area contributed by atoms with Gasteiger partial charge in [-0.2, -0.15) is 5.26 Å². The number of hydrogen-bond acceptors (Lipinski definition) is 4. The molecule has 0 radical (unpaired) electrons. The summed E-state index contributed by atoms with van der Waals surface area (Å²) in [5, 5.41) is 10.2. The van der Waals surface area contributed by atoms with Gasteiger partial charge in [-0.05, 0) is 6.92 Å². The highest BCUT2D eigenvalue weighted by Gasteiger charge is 2.09. The van der Waals surface area contributed by atoms with Crippen molar-refractivity contribution in [2.45, 2.75) is 13.0 Å². The van der Waals surface area contributed by atoms with Gasteiger partial charge in [0.05, 0.1) is 7.11 Å². The molecule has 0 aromatic rings. The van der Waals surface area contributed by atoms with Crippen molar-refractivity contribution >= 4 is 5.97 Å². The topological polar surface area (TPSA) is 62.1 Å². The summed E-state index contributed by atoms with van der Waals surface area (Å²) < 4.78 is 4.31. The Hall–Kier alpha value is -1.24. The molecule has 0 bridgehead atoms. The number of ether oxygens (including phenoxy) is 1. The Bertz CT molecular complexity index is 138. The maximum absolute atomic E-state index is 10.5. The molecule has 0 amide bonds. The summed E-state index contributed by atoms with van der Waals surface area (Å²) in [6, 6.07) is -0.542. The smallest absolute Gasteiger partial charge is 0.328 e. The van der Waals surface area contributed by atoms with Crippen molar-refractivity contribution in [1.29, 1.82) is 5.26 Å². The van der Waals surface area contributed by atoms with Crippen LogP contribution in [0.5, 0.6) is 0 Å². The van der Waals surface area contributed by atoms with Crippen LogP contribution in [0, 0.1) is 11.5 Å². The predicted molar refractivity (Wildman–Crippen MR) is 30.2 cm³/mol. The zero-order valence-electron chi connectivity index (χ0n) is 5.34. The molecule has 0 aliphatic heterocycles. The lowest BCUT2D eigenvalue weighted by Gasteiger charge is -2.03. The molecule has 0 aromatic heterocycles. The summed E-state index contributed by atoms with van der Waals surface area (Å²) in [4.78, 5) is 10.5. The van der Waals surface area contributed by atoms with Crippen LogP contribution in [0.25, 0.3) is 0 Å². The second-order valence-electron chi connectivity index (χ2n) is 1.50. The van der Waals surface area contributed by atoms with Crippen LogP contribution >= 0.6 is 0 Å². The zero-order valence-corrected chi connectivity index (χ0v) is 5.34. The van der Waals surface area contributed by atoms with E-state index in [1.54, 1.807) is 13.1 Å². The fourth-order valence-corrected chi connectivity index (χ4v) is 0.333. The summed E-state index contributed by atoms with van der Waals surface area (Å²) in [5.41, 5.74) is 0. The molecule has 1 atom stereocenters. The first kappa shape index (κ1) is 7.76. The molecule has 0 unspecified atom stereocenters. The number of methoxy groups -OCH3 is 1. The van der Waals surface area contributed by atoms with Gasteiger partial charge in [0, 0.05) is 0 Å². The Morgan fingerprint density at radius 1 is 1.89 bits per heavy atom. The van der Waals surface area contributed by atoms with Crippen molar-refractivity contribution in [3.05, 3.63) is 0 Å². The summed E-state index contributed by atoms with van der Waals surface area (Å²) in [6.07, 6.45) is 1.63. The molecule has 0 saturated carbocycles. The Morgan fingerprint density at radius 2 is 2.44 bits per heavy atom. The quantitative estimate of drug-likeness (QED) is 0.313. The van der Waals surface area contributed by atoms with Crippen molar-refractivity contribution in [1.82, 2.24) is 5.32 Å². The fourth-order valence-electron chi connectivity index (χ4n) is 0.333. The summed E-state index contributed by atoms with van der Waals surface area (Å²) in [5.74, 6) is -0.434. The Morgan fingerprint density at radius 3 is 2.78 bits per heavy atom. The molecule has 0 rings (SSSR count). The van der Waals surface area contributed by atoms with Gasteiger partial charge >= 0.3 is 5.97 Å². The normalized spacial score (nSPS) is 11.2. The highest BCUT2D eigenvalue weighted by Crippen LogP contribution is 1.82. The van der Waals surface area contributed by atoms with Crippen molar-refractivity contribution in [3.8, 4) is 6.19 Å². The van der Waals surface area contributed by atoms with Gasteiger partial charge in [0.2, 0.25) is 0 Å². The Kier molecular flexibility index (Phi) is 3.21. The van der Waals surface area contributed by atoms with E-state index in [-0.39, 0.29) is 0 Å². The van der Waals surface area contributed by atoms with E-state index >= 15 is 0 Å². The van der Waals surface area contributed by atoms with Crippen molar-refractivity contribution in [2.75, 3.05) is 7.11 Å². The van der Waals surface area contributed by atoms with Crippen LogP contribution in [0.1, 0.15) is 6.92 Å². The van der Waals surface area contributed by atoms with Crippen LogP contribution in [0.3, 0.4) is 0 Å². The fraction of sp³-hybridized carbons (Fsp3) is 0.600. The number of rotatable bonds is 2. The van der Waals surface area contributed by atoms with E-state index in [0.29, 0.717) is 0 Å². The van der Waals surface area contributed by atoms with E-state index < -0.39 is 12.0 Å². The number of carbonyl (C=O) groups excluding carboxylic acids is 1. The third-order valence-corrected chi connectivity index (χ3v) is 0.836. The minimum atomic E-state index is -0.542. The van der Waals surface area contributed by atoms with Gasteiger partial charge in [0.1, 0.15) is 6.04 Å². The Labute approximate surface area is 53.4 Å². The molecule has 50 valence electrons. The van der Waals surface area contributed by atoms with Crippen LogP contribution in [-0.4, -0.2) is 19.1 Å². The Balaban J connectivity index is 3.62. The molecular weight excluding hydrogens is 120 g/mol. The molecule has 0 aliphatic carbocycles. The molecular formula is C5H8N2O2. The van der Waals surface area contributed by atoms with Gasteiger partial charge in [-0.3, -0.25) is 0 Å². The second-order valence-corrected chi connectivity index (χ2v) is 1.50. The SMILES string of the molecule is COC(=O)[C@@H](C)NC#N. The molecule has 9 heavy (non-hydrogen) atoms. The highest BCUT2D eigenvalue weighted by molar-refractivity contribution is 5.75. The number of hydrogen-bond donors (Lipinski definition) is 1. The minimum absolute atomic E-state index is 0.434. The van der Waals surface area contributed by atoms with E-state index in [1.165, 1.54) is 7.11 Å². The molecule has 0 aliphatic rings. The first-order chi connectivity index (χ1) is 4.22. The van der Waals surface area contributed by atoms with Crippen molar-refractivity contribution in [3.63, 3.8) is 0 Å². The van der Waals surface area contributed by atoms with Gasteiger partial charge in [-0.25, -0.2) is 4.79 Å². The third-order valence-electron chi connectivity index (χ3n) is 0.836. The van der Waals surface area contributed by atoms with E-state index in [9.17, 15) is 4.79 Å². The van der Waals surface area contributed by atoms with E-state index in [2.05, 4.69) is 10.1 Å². The summed E-state index contributed by atoms with van der Waals surface area (Å²) >= 11 is 0. The van der Waals surface area contributed by atoms with Crippen LogP contribution < -0.4 is 5.32 Å². The first-order valence-electron chi connectivity index (χ1n) is 2.44. The predicted octanol–water partition coefficient (Wildman–Crippen LogP) is -0.381. The summed E-state index contributed by atoms with van der Waals surface area (Å²) in [6.45, 7) is 1.55. The molecule has 4 nitrogen and oxygen atoms in total. The highest BCUT2D eigenvalue weighted by atomic mass is 16.5. The molecule has 1 N–H and O–H groups in total. The number of nitriles is 1. The van der Waals surface area contributed by atoms with Crippen molar-refractivity contribution in [2.24, 2.45) is 0 Å². The zero-order chi connectivity index (χ0) is 7.28. The van der Waals surface area contributed by atoms with Gasteiger partial charge in [0.25, 0.3) is 0 Å². The second kappa shape index (κ2) is 3.72. The third kappa shape index (κ3) is 2.54. The van der Waals surface area contributed by atoms with Gasteiger partial charge in [-0.15, -0.1) is 0 Å². The largest absolute Gasteiger partial charge is 0.467 e. The monoisotopic (exact) mass is 128 g/mol. The molecule has 0 spiro atoms.